The molecule has 2 N–H and O–H groups in total. The van der Waals surface area contributed by atoms with E-state index in [0.29, 0.717) is 16.3 Å². The van der Waals surface area contributed by atoms with Crippen LogP contribution in [0.2, 0.25) is 20.2 Å². The second-order valence-corrected chi connectivity index (χ2v) is 5.87. The van der Waals surface area contributed by atoms with E-state index in [1.54, 1.807) is 25.1 Å². The van der Waals surface area contributed by atoms with Crippen molar-refractivity contribution in [1.29, 1.82) is 0 Å². The Morgan fingerprint density at radius 3 is 2.43 bits per heavy atom. The molecule has 0 aliphatic carbocycles. The minimum Gasteiger partial charge on any atom is -0.476 e. The molecule has 0 saturated heterocycles. The van der Waals surface area contributed by atoms with Crippen LogP contribution in [0.15, 0.2) is 29.4 Å². The summed E-state index contributed by atoms with van der Waals surface area (Å²) in [5.41, 5.74) is 3.50. The van der Waals surface area contributed by atoms with E-state index in [4.69, 9.17) is 51.5 Å². The van der Waals surface area contributed by atoms with Crippen LogP contribution in [0.25, 0.3) is 0 Å². The van der Waals surface area contributed by atoms with Crippen LogP contribution in [0.4, 0.5) is 5.69 Å². The molecule has 2 rings (SSSR count). The minimum absolute atomic E-state index is 0.0302. The Morgan fingerprint density at radius 2 is 1.83 bits per heavy atom. The van der Waals surface area contributed by atoms with Gasteiger partial charge >= 0.3 is 5.97 Å². The van der Waals surface area contributed by atoms with Crippen molar-refractivity contribution >= 4 is 63.8 Å². The summed E-state index contributed by atoms with van der Waals surface area (Å²) in [6, 6.07) is 7.12. The van der Waals surface area contributed by atoms with Crippen LogP contribution in [0.3, 0.4) is 0 Å². The van der Waals surface area contributed by atoms with E-state index < -0.39 is 11.7 Å². The molecule has 0 spiro atoms. The lowest BCUT2D eigenvalue weighted by molar-refractivity contribution is 0.0691. The molecule has 1 aromatic heterocycles. The van der Waals surface area contributed by atoms with E-state index in [2.05, 4.69) is 15.5 Å². The summed E-state index contributed by atoms with van der Waals surface area (Å²) in [5, 5.41) is 13.3. The van der Waals surface area contributed by atoms with Gasteiger partial charge in [0, 0.05) is 10.6 Å². The maximum Gasteiger partial charge on any atom is 0.356 e. The van der Waals surface area contributed by atoms with Gasteiger partial charge in [0.1, 0.15) is 10.0 Å². The highest BCUT2D eigenvalue weighted by atomic mass is 35.5. The zero-order chi connectivity index (χ0) is 17.1. The van der Waals surface area contributed by atoms with Crippen molar-refractivity contribution in [3.63, 3.8) is 0 Å². The lowest BCUT2D eigenvalue weighted by Crippen LogP contribution is -2.06. The van der Waals surface area contributed by atoms with Crippen molar-refractivity contribution in [2.75, 3.05) is 5.43 Å². The summed E-state index contributed by atoms with van der Waals surface area (Å²) in [6.07, 6.45) is 0. The molecule has 0 fully saturated rings. The summed E-state index contributed by atoms with van der Waals surface area (Å²) in [6.45, 7) is 1.72. The molecule has 0 radical (unpaired) electrons. The Labute approximate surface area is 151 Å². The average molecular weight is 393 g/mol. The summed E-state index contributed by atoms with van der Waals surface area (Å²) < 4.78 is 0. The number of hydrogen-bond donors (Lipinski definition) is 2. The third kappa shape index (κ3) is 3.87. The van der Waals surface area contributed by atoms with Gasteiger partial charge in [-0.3, -0.25) is 5.43 Å². The minimum atomic E-state index is -1.33. The molecule has 0 aliphatic heterocycles. The molecular weight excluding hydrogens is 384 g/mol. The Hall–Kier alpha value is -1.53. The van der Waals surface area contributed by atoms with Gasteiger partial charge in [-0.15, -0.1) is 0 Å². The second-order valence-electron chi connectivity index (χ2n) is 4.35. The van der Waals surface area contributed by atoms with Crippen molar-refractivity contribution in [1.82, 2.24) is 4.98 Å². The number of carbonyl (C=O) groups is 1. The average Bonchev–Trinajstić information content (AvgIpc) is 2.50. The number of carboxylic acid groups (broad SMARTS) is 1. The number of aromatic carboxylic acids is 1. The van der Waals surface area contributed by atoms with Crippen molar-refractivity contribution < 1.29 is 9.90 Å². The molecule has 0 unspecified atom stereocenters. The number of benzene rings is 1. The van der Waals surface area contributed by atoms with Gasteiger partial charge in [0.15, 0.2) is 10.8 Å². The van der Waals surface area contributed by atoms with Crippen molar-refractivity contribution in [2.24, 2.45) is 5.10 Å². The first-order valence-electron chi connectivity index (χ1n) is 6.16. The van der Waals surface area contributed by atoms with Crippen LogP contribution in [0.1, 0.15) is 23.0 Å². The fourth-order valence-corrected chi connectivity index (χ4v) is 2.65. The highest BCUT2D eigenvalue weighted by Crippen LogP contribution is 2.37. The number of pyridine rings is 1. The van der Waals surface area contributed by atoms with Crippen LogP contribution < -0.4 is 5.43 Å². The van der Waals surface area contributed by atoms with Crippen LogP contribution in [0.5, 0.6) is 0 Å². The number of nitrogens with one attached hydrogen (secondary N) is 1. The molecule has 0 amide bonds. The van der Waals surface area contributed by atoms with Gasteiger partial charge in [0.05, 0.1) is 11.4 Å². The van der Waals surface area contributed by atoms with Gasteiger partial charge in [0.2, 0.25) is 0 Å². The van der Waals surface area contributed by atoms with Gasteiger partial charge in [0.25, 0.3) is 0 Å². The maximum atomic E-state index is 11.1. The lowest BCUT2D eigenvalue weighted by Gasteiger charge is -2.11. The van der Waals surface area contributed by atoms with Crippen LogP contribution in [-0.2, 0) is 0 Å². The van der Waals surface area contributed by atoms with E-state index in [1.807, 2.05) is 6.07 Å². The highest BCUT2D eigenvalue weighted by Gasteiger charge is 2.20. The third-order valence-electron chi connectivity index (χ3n) is 2.84. The standard InChI is InChI=1S/C14H9Cl4N3O2/c1-6(7-4-2-3-5-8(7)15)20-21-11-9(16)12(14(22)23)19-13(18)10(11)17/h2-5H,1H3,(H,19,21)(H,22,23)/b20-6+. The van der Waals surface area contributed by atoms with Gasteiger partial charge in [-0.25, -0.2) is 9.78 Å². The monoisotopic (exact) mass is 391 g/mol. The molecule has 0 atom stereocenters. The molecule has 2 aromatic rings. The largest absolute Gasteiger partial charge is 0.476 e. The van der Waals surface area contributed by atoms with Crippen molar-refractivity contribution in [2.45, 2.75) is 6.92 Å². The van der Waals surface area contributed by atoms with Gasteiger partial charge in [-0.1, -0.05) is 64.6 Å². The molecule has 5 nitrogen and oxygen atoms in total. The molecule has 0 aliphatic rings. The molecular formula is C14H9Cl4N3O2. The van der Waals surface area contributed by atoms with Crippen LogP contribution >= 0.6 is 46.4 Å². The predicted octanol–water partition coefficient (Wildman–Crippen LogP) is 5.23. The van der Waals surface area contributed by atoms with Crippen LogP contribution in [-0.4, -0.2) is 21.8 Å². The Bertz CT molecular complexity index is 809. The van der Waals surface area contributed by atoms with Gasteiger partial charge in [-0.05, 0) is 13.0 Å². The van der Waals surface area contributed by atoms with Crippen molar-refractivity contribution in [3.05, 3.63) is 55.7 Å². The highest BCUT2D eigenvalue weighted by molar-refractivity contribution is 6.46. The molecule has 0 bridgehead atoms. The van der Waals surface area contributed by atoms with E-state index in [-0.39, 0.29) is 20.9 Å². The smallest absolute Gasteiger partial charge is 0.356 e. The first-order valence-corrected chi connectivity index (χ1v) is 7.67. The van der Waals surface area contributed by atoms with Gasteiger partial charge < -0.3 is 5.11 Å². The van der Waals surface area contributed by atoms with E-state index in [0.717, 1.165) is 0 Å². The first kappa shape index (κ1) is 17.8. The molecule has 9 heteroatoms. The maximum absolute atomic E-state index is 11.1. The number of anilines is 1. The van der Waals surface area contributed by atoms with Crippen molar-refractivity contribution in [3.8, 4) is 0 Å². The summed E-state index contributed by atoms with van der Waals surface area (Å²) in [5.74, 6) is -1.33. The number of aromatic nitrogens is 1. The zero-order valence-corrected chi connectivity index (χ0v) is 14.6. The number of carboxylic acids is 1. The van der Waals surface area contributed by atoms with Gasteiger partial charge in [-0.2, -0.15) is 5.10 Å². The molecule has 120 valence electrons. The SMILES string of the molecule is C/C(=N\Nc1c(Cl)c(Cl)nc(C(=O)O)c1Cl)c1ccccc1Cl. The second kappa shape index (κ2) is 7.36. The fraction of sp³-hybridized carbons (Fsp3) is 0.0714. The first-order chi connectivity index (χ1) is 10.8. The Kier molecular flexibility index (Phi) is 5.70. The van der Waals surface area contributed by atoms with E-state index in [1.165, 1.54) is 0 Å². The lowest BCUT2D eigenvalue weighted by atomic mass is 10.1. The molecule has 23 heavy (non-hydrogen) atoms. The Morgan fingerprint density at radius 1 is 1.17 bits per heavy atom. The molecule has 0 saturated carbocycles. The summed E-state index contributed by atoms with van der Waals surface area (Å²) >= 11 is 23.9. The zero-order valence-electron chi connectivity index (χ0n) is 11.6. The third-order valence-corrected chi connectivity index (χ3v) is 4.28. The topological polar surface area (TPSA) is 74.6 Å². The summed E-state index contributed by atoms with van der Waals surface area (Å²) in [4.78, 5) is 14.7. The number of rotatable bonds is 4. The van der Waals surface area contributed by atoms with Crippen LogP contribution in [0, 0.1) is 0 Å². The summed E-state index contributed by atoms with van der Waals surface area (Å²) in [7, 11) is 0. The quantitative estimate of drug-likeness (QED) is 0.424. The number of nitrogens with zero attached hydrogens (tertiary/aromatic N) is 2. The Balaban J connectivity index is 2.43. The predicted molar refractivity (Wildman–Crippen MR) is 93.5 cm³/mol. The number of hydrazone groups is 1. The fourth-order valence-electron chi connectivity index (χ4n) is 1.71. The molecule has 1 aromatic carbocycles. The number of hydrogen-bond acceptors (Lipinski definition) is 4. The van der Waals surface area contributed by atoms with E-state index in [9.17, 15) is 4.79 Å². The molecule has 1 heterocycles. The number of halogens is 4. The normalized spacial score (nSPS) is 11.4. The van der Waals surface area contributed by atoms with E-state index >= 15 is 0 Å².